The molecular formula is C19H32N2. The van der Waals surface area contributed by atoms with E-state index in [2.05, 4.69) is 49.3 Å². The Morgan fingerprint density at radius 1 is 1.14 bits per heavy atom. The summed E-state index contributed by atoms with van der Waals surface area (Å²) in [5, 5.41) is 3.60. The van der Waals surface area contributed by atoms with Crippen LogP contribution in [0.25, 0.3) is 0 Å². The van der Waals surface area contributed by atoms with Crippen LogP contribution >= 0.6 is 0 Å². The van der Waals surface area contributed by atoms with Crippen LogP contribution in [-0.2, 0) is 6.54 Å². The van der Waals surface area contributed by atoms with Gasteiger partial charge in [0, 0.05) is 12.6 Å². The van der Waals surface area contributed by atoms with Crippen molar-refractivity contribution in [3.05, 3.63) is 34.9 Å². The zero-order valence-electron chi connectivity index (χ0n) is 14.1. The van der Waals surface area contributed by atoms with E-state index in [1.54, 1.807) is 0 Å². The Kier molecular flexibility index (Phi) is 6.72. The zero-order valence-corrected chi connectivity index (χ0v) is 14.1. The molecule has 0 radical (unpaired) electrons. The van der Waals surface area contributed by atoms with Crippen molar-refractivity contribution in [3.8, 4) is 0 Å². The average Bonchev–Trinajstić information content (AvgIpc) is 2.51. The minimum Gasteiger partial charge on any atom is -0.313 e. The predicted octanol–water partition coefficient (Wildman–Crippen LogP) is 4.05. The summed E-state index contributed by atoms with van der Waals surface area (Å²) in [6.45, 7) is 7.76. The molecule has 0 saturated heterocycles. The summed E-state index contributed by atoms with van der Waals surface area (Å²) in [7, 11) is 2.31. The SMILES string of the molecule is Cc1cccc(CNCCCN(C)C2CCCCC2)c1C. The second-order valence-corrected chi connectivity index (χ2v) is 6.66. The van der Waals surface area contributed by atoms with E-state index in [9.17, 15) is 0 Å². The molecule has 0 atom stereocenters. The van der Waals surface area contributed by atoms with Crippen LogP contribution in [0.1, 0.15) is 55.2 Å². The molecule has 1 aliphatic carbocycles. The highest BCUT2D eigenvalue weighted by atomic mass is 15.1. The van der Waals surface area contributed by atoms with Crippen molar-refractivity contribution in [1.82, 2.24) is 10.2 Å². The molecular weight excluding hydrogens is 256 g/mol. The molecule has 1 N–H and O–H groups in total. The maximum atomic E-state index is 3.60. The summed E-state index contributed by atoms with van der Waals surface area (Å²) in [5.74, 6) is 0. The van der Waals surface area contributed by atoms with Gasteiger partial charge in [0.15, 0.2) is 0 Å². The molecule has 0 spiro atoms. The van der Waals surface area contributed by atoms with Crippen LogP contribution in [0, 0.1) is 13.8 Å². The summed E-state index contributed by atoms with van der Waals surface area (Å²) in [6.07, 6.45) is 8.37. The highest BCUT2D eigenvalue weighted by molar-refractivity contribution is 5.32. The van der Waals surface area contributed by atoms with Crippen molar-refractivity contribution >= 4 is 0 Å². The first-order valence-electron chi connectivity index (χ1n) is 8.64. The number of rotatable bonds is 7. The van der Waals surface area contributed by atoms with Crippen molar-refractivity contribution in [3.63, 3.8) is 0 Å². The van der Waals surface area contributed by atoms with Gasteiger partial charge in [0.05, 0.1) is 0 Å². The Morgan fingerprint density at radius 3 is 2.67 bits per heavy atom. The largest absolute Gasteiger partial charge is 0.313 e. The first kappa shape index (κ1) is 16.5. The third-order valence-electron chi connectivity index (χ3n) is 5.09. The molecule has 1 aromatic carbocycles. The van der Waals surface area contributed by atoms with Gasteiger partial charge in [-0.15, -0.1) is 0 Å². The molecule has 0 heterocycles. The molecule has 0 aromatic heterocycles. The number of hydrogen-bond acceptors (Lipinski definition) is 2. The van der Waals surface area contributed by atoms with Gasteiger partial charge in [-0.2, -0.15) is 0 Å². The molecule has 2 nitrogen and oxygen atoms in total. The Hall–Kier alpha value is -0.860. The lowest BCUT2D eigenvalue weighted by atomic mass is 9.94. The molecule has 1 fully saturated rings. The molecule has 0 amide bonds. The van der Waals surface area contributed by atoms with Gasteiger partial charge >= 0.3 is 0 Å². The van der Waals surface area contributed by atoms with Crippen molar-refractivity contribution < 1.29 is 0 Å². The molecule has 0 unspecified atom stereocenters. The molecule has 2 rings (SSSR count). The Bertz CT molecular complexity index is 422. The normalized spacial score (nSPS) is 16.6. The van der Waals surface area contributed by atoms with Gasteiger partial charge in [0.25, 0.3) is 0 Å². The molecule has 2 heteroatoms. The van der Waals surface area contributed by atoms with E-state index < -0.39 is 0 Å². The van der Waals surface area contributed by atoms with E-state index >= 15 is 0 Å². The monoisotopic (exact) mass is 288 g/mol. The van der Waals surface area contributed by atoms with Crippen LogP contribution in [-0.4, -0.2) is 31.1 Å². The number of nitrogens with zero attached hydrogens (tertiary/aromatic N) is 1. The summed E-state index contributed by atoms with van der Waals surface area (Å²) in [5.41, 5.74) is 4.27. The fourth-order valence-electron chi connectivity index (χ4n) is 3.38. The minimum absolute atomic E-state index is 0.845. The topological polar surface area (TPSA) is 15.3 Å². The van der Waals surface area contributed by atoms with Gasteiger partial charge in [-0.1, -0.05) is 37.5 Å². The Balaban J connectivity index is 1.62. The number of hydrogen-bond donors (Lipinski definition) is 1. The highest BCUT2D eigenvalue weighted by Crippen LogP contribution is 2.21. The molecule has 0 bridgehead atoms. The molecule has 1 aromatic rings. The van der Waals surface area contributed by atoms with Crippen LogP contribution in [0.15, 0.2) is 18.2 Å². The van der Waals surface area contributed by atoms with E-state index in [0.29, 0.717) is 0 Å². The first-order chi connectivity index (χ1) is 10.2. The predicted molar refractivity (Wildman–Crippen MR) is 91.7 cm³/mol. The maximum absolute atomic E-state index is 3.60. The third-order valence-corrected chi connectivity index (χ3v) is 5.09. The summed E-state index contributed by atoms with van der Waals surface area (Å²) >= 11 is 0. The lowest BCUT2D eigenvalue weighted by Crippen LogP contribution is -2.35. The lowest BCUT2D eigenvalue weighted by molar-refractivity contribution is 0.189. The van der Waals surface area contributed by atoms with Crippen LogP contribution in [0.4, 0.5) is 0 Å². The zero-order chi connectivity index (χ0) is 15.1. The van der Waals surface area contributed by atoms with Crippen LogP contribution in [0.5, 0.6) is 0 Å². The van der Waals surface area contributed by atoms with Gasteiger partial charge in [0.2, 0.25) is 0 Å². The Morgan fingerprint density at radius 2 is 1.90 bits per heavy atom. The third kappa shape index (κ3) is 5.12. The smallest absolute Gasteiger partial charge is 0.0208 e. The van der Waals surface area contributed by atoms with Gasteiger partial charge < -0.3 is 10.2 Å². The van der Waals surface area contributed by atoms with Crippen LogP contribution < -0.4 is 5.32 Å². The first-order valence-corrected chi connectivity index (χ1v) is 8.64. The second kappa shape index (κ2) is 8.55. The van der Waals surface area contributed by atoms with Crippen LogP contribution in [0.3, 0.4) is 0 Å². The molecule has 0 aliphatic heterocycles. The fraction of sp³-hybridized carbons (Fsp3) is 0.684. The van der Waals surface area contributed by atoms with Crippen molar-refractivity contribution in [2.45, 2.75) is 65.0 Å². The van der Waals surface area contributed by atoms with E-state index in [-0.39, 0.29) is 0 Å². The van der Waals surface area contributed by atoms with Crippen LogP contribution in [0.2, 0.25) is 0 Å². The Labute approximate surface area is 130 Å². The second-order valence-electron chi connectivity index (χ2n) is 6.66. The number of benzene rings is 1. The fourth-order valence-corrected chi connectivity index (χ4v) is 3.38. The number of aryl methyl sites for hydroxylation is 1. The van der Waals surface area contributed by atoms with Crippen molar-refractivity contribution in [2.24, 2.45) is 0 Å². The molecule has 118 valence electrons. The maximum Gasteiger partial charge on any atom is 0.0208 e. The van der Waals surface area contributed by atoms with Gasteiger partial charge in [0.1, 0.15) is 0 Å². The van der Waals surface area contributed by atoms with Gasteiger partial charge in [-0.25, -0.2) is 0 Å². The highest BCUT2D eigenvalue weighted by Gasteiger charge is 2.17. The molecule has 1 aliphatic rings. The minimum atomic E-state index is 0.845. The van der Waals surface area contributed by atoms with Gasteiger partial charge in [-0.05, 0) is 69.9 Å². The quantitative estimate of drug-likeness (QED) is 0.762. The lowest BCUT2D eigenvalue weighted by Gasteiger charge is -2.31. The van der Waals surface area contributed by atoms with Crippen molar-refractivity contribution in [1.29, 1.82) is 0 Å². The average molecular weight is 288 g/mol. The summed E-state index contributed by atoms with van der Waals surface area (Å²) < 4.78 is 0. The summed E-state index contributed by atoms with van der Waals surface area (Å²) in [4.78, 5) is 2.58. The van der Waals surface area contributed by atoms with Gasteiger partial charge in [-0.3, -0.25) is 0 Å². The van der Waals surface area contributed by atoms with Crippen molar-refractivity contribution in [2.75, 3.05) is 20.1 Å². The van der Waals surface area contributed by atoms with E-state index in [1.807, 2.05) is 0 Å². The molecule has 1 saturated carbocycles. The molecule has 21 heavy (non-hydrogen) atoms. The van der Waals surface area contributed by atoms with E-state index in [4.69, 9.17) is 0 Å². The van der Waals surface area contributed by atoms with E-state index in [0.717, 1.165) is 19.1 Å². The number of nitrogens with one attached hydrogen (secondary N) is 1. The van der Waals surface area contributed by atoms with E-state index in [1.165, 1.54) is 61.8 Å². The standard InChI is InChI=1S/C19H32N2/c1-16-9-7-10-18(17(16)2)15-20-13-8-14-21(3)19-11-5-4-6-12-19/h7,9-10,19-20H,4-6,8,11-15H2,1-3H3. The summed E-state index contributed by atoms with van der Waals surface area (Å²) in [6, 6.07) is 7.44.